The maximum absolute atomic E-state index is 15.0. The average molecular weight is 407 g/mol. The van der Waals surface area contributed by atoms with Crippen LogP contribution in [0, 0.1) is 17.1 Å². The van der Waals surface area contributed by atoms with E-state index in [9.17, 15) is 9.18 Å². The van der Waals surface area contributed by atoms with Crippen LogP contribution in [0.4, 0.5) is 4.39 Å². The number of amidine groups is 1. The van der Waals surface area contributed by atoms with E-state index in [4.69, 9.17) is 33.2 Å². The van der Waals surface area contributed by atoms with Crippen molar-refractivity contribution in [1.29, 1.82) is 5.26 Å². The van der Waals surface area contributed by atoms with Crippen molar-refractivity contribution in [3.63, 3.8) is 0 Å². The molecule has 0 radical (unpaired) electrons. The number of benzene rings is 2. The Hall–Kier alpha value is -2.82. The van der Waals surface area contributed by atoms with Gasteiger partial charge < -0.3 is 10.1 Å². The zero-order chi connectivity index (χ0) is 19.6. The number of nitrogens with one attached hydrogen (secondary N) is 2. The Balaban J connectivity index is 1.89. The summed E-state index contributed by atoms with van der Waals surface area (Å²) in [4.78, 5) is 11.4. The van der Waals surface area contributed by atoms with Crippen molar-refractivity contribution >= 4 is 34.9 Å². The SMILES string of the molecule is C[C@H]1NC(Cc2ccc(Cl)c(Oc3cc(Cl)cc(C#N)c3)c2F)=NNC1=O. The largest absolute Gasteiger partial charge is 0.453 e. The Bertz CT molecular complexity index is 988. The molecule has 2 N–H and O–H groups in total. The molecule has 1 heterocycles. The summed E-state index contributed by atoms with van der Waals surface area (Å²) in [5, 5.41) is 16.1. The Morgan fingerprint density at radius 1 is 1.33 bits per heavy atom. The number of nitriles is 1. The van der Waals surface area contributed by atoms with Crippen LogP contribution in [-0.2, 0) is 11.2 Å². The van der Waals surface area contributed by atoms with Crippen LogP contribution in [-0.4, -0.2) is 17.8 Å². The van der Waals surface area contributed by atoms with Crippen LogP contribution in [0.15, 0.2) is 35.4 Å². The molecule has 0 fully saturated rings. The number of carbonyl (C=O) groups is 1. The molecule has 0 aromatic heterocycles. The first kappa shape index (κ1) is 19.0. The van der Waals surface area contributed by atoms with Crippen LogP contribution >= 0.6 is 23.2 Å². The van der Waals surface area contributed by atoms with E-state index in [0.717, 1.165) is 0 Å². The number of hydrogen-bond donors (Lipinski definition) is 2. The maximum atomic E-state index is 15.0. The summed E-state index contributed by atoms with van der Waals surface area (Å²) in [5.74, 6) is -0.535. The minimum absolute atomic E-state index is 0.0648. The molecule has 0 saturated heterocycles. The van der Waals surface area contributed by atoms with Gasteiger partial charge in [-0.25, -0.2) is 9.82 Å². The third kappa shape index (κ3) is 4.30. The predicted octanol–water partition coefficient (Wildman–Crippen LogP) is 3.76. The fourth-order valence-corrected chi connectivity index (χ4v) is 2.86. The first-order chi connectivity index (χ1) is 12.9. The smallest absolute Gasteiger partial charge is 0.262 e. The number of halogens is 3. The molecular formula is C18H13Cl2FN4O2. The summed E-state index contributed by atoms with van der Waals surface area (Å²) in [6, 6.07) is 8.82. The number of hydrogen-bond acceptors (Lipinski definition) is 5. The Morgan fingerprint density at radius 2 is 2.11 bits per heavy atom. The molecule has 1 aliphatic heterocycles. The van der Waals surface area contributed by atoms with Crippen LogP contribution in [0.5, 0.6) is 11.5 Å². The maximum Gasteiger partial charge on any atom is 0.262 e. The molecule has 138 valence electrons. The lowest BCUT2D eigenvalue weighted by Crippen LogP contribution is -2.49. The summed E-state index contributed by atoms with van der Waals surface area (Å²) in [6.07, 6.45) is 0.100. The zero-order valence-corrected chi connectivity index (χ0v) is 15.5. The number of ether oxygens (including phenoxy) is 1. The van der Waals surface area contributed by atoms with E-state index >= 15 is 0 Å². The highest BCUT2D eigenvalue weighted by molar-refractivity contribution is 6.32. The highest BCUT2D eigenvalue weighted by Gasteiger charge is 2.22. The van der Waals surface area contributed by atoms with Crippen molar-refractivity contribution in [3.8, 4) is 17.6 Å². The lowest BCUT2D eigenvalue weighted by molar-refractivity contribution is -0.122. The van der Waals surface area contributed by atoms with Crippen LogP contribution in [0.3, 0.4) is 0 Å². The third-order valence-electron chi connectivity index (χ3n) is 3.78. The zero-order valence-electron chi connectivity index (χ0n) is 14.0. The van der Waals surface area contributed by atoms with Gasteiger partial charge in [0.25, 0.3) is 5.91 Å². The van der Waals surface area contributed by atoms with Crippen molar-refractivity contribution in [2.24, 2.45) is 5.10 Å². The molecule has 9 heteroatoms. The number of rotatable bonds is 4. The van der Waals surface area contributed by atoms with Gasteiger partial charge in [-0.2, -0.15) is 10.4 Å². The highest BCUT2D eigenvalue weighted by Crippen LogP contribution is 2.35. The van der Waals surface area contributed by atoms with Gasteiger partial charge in [-0.3, -0.25) is 4.79 Å². The second-order valence-corrected chi connectivity index (χ2v) is 6.66. The molecule has 1 aliphatic rings. The molecule has 6 nitrogen and oxygen atoms in total. The summed E-state index contributed by atoms with van der Waals surface area (Å²) >= 11 is 12.0. The number of hydrazone groups is 1. The minimum atomic E-state index is -0.671. The molecule has 2 aromatic rings. The van der Waals surface area contributed by atoms with E-state index in [1.165, 1.54) is 30.3 Å². The third-order valence-corrected chi connectivity index (χ3v) is 4.30. The molecule has 0 saturated carbocycles. The summed E-state index contributed by atoms with van der Waals surface area (Å²) in [7, 11) is 0. The second-order valence-electron chi connectivity index (χ2n) is 5.82. The molecule has 0 bridgehead atoms. The molecule has 1 atom stereocenters. The monoisotopic (exact) mass is 406 g/mol. The van der Waals surface area contributed by atoms with Gasteiger partial charge in [0.15, 0.2) is 11.6 Å². The first-order valence-corrected chi connectivity index (χ1v) is 8.61. The molecule has 1 amide bonds. The van der Waals surface area contributed by atoms with Gasteiger partial charge in [0.2, 0.25) is 0 Å². The number of carbonyl (C=O) groups excluding carboxylic acids is 1. The average Bonchev–Trinajstić information content (AvgIpc) is 2.63. The predicted molar refractivity (Wildman–Crippen MR) is 99.5 cm³/mol. The van der Waals surface area contributed by atoms with Gasteiger partial charge in [0.05, 0.1) is 16.7 Å². The minimum Gasteiger partial charge on any atom is -0.453 e. The fourth-order valence-electron chi connectivity index (χ4n) is 2.45. The van der Waals surface area contributed by atoms with Crippen LogP contribution < -0.4 is 15.5 Å². The Labute approximate surface area is 164 Å². The summed E-state index contributed by atoms with van der Waals surface area (Å²) in [6.45, 7) is 1.67. The van der Waals surface area contributed by atoms with E-state index < -0.39 is 11.9 Å². The van der Waals surface area contributed by atoms with Gasteiger partial charge in [0.1, 0.15) is 17.6 Å². The van der Waals surface area contributed by atoms with Crippen molar-refractivity contribution < 1.29 is 13.9 Å². The van der Waals surface area contributed by atoms with E-state index in [0.29, 0.717) is 5.84 Å². The molecule has 3 rings (SSSR count). The van der Waals surface area contributed by atoms with E-state index in [-0.39, 0.29) is 45.0 Å². The van der Waals surface area contributed by atoms with Crippen LogP contribution in [0.1, 0.15) is 18.1 Å². The lowest BCUT2D eigenvalue weighted by Gasteiger charge is -2.21. The number of amides is 1. The number of nitrogens with zero attached hydrogens (tertiary/aromatic N) is 2. The molecule has 2 aromatic carbocycles. The molecule has 27 heavy (non-hydrogen) atoms. The normalized spacial score (nSPS) is 16.0. The van der Waals surface area contributed by atoms with Crippen molar-refractivity contribution in [3.05, 3.63) is 57.3 Å². The van der Waals surface area contributed by atoms with Gasteiger partial charge >= 0.3 is 0 Å². The van der Waals surface area contributed by atoms with Gasteiger partial charge in [-0.1, -0.05) is 29.3 Å². The van der Waals surface area contributed by atoms with E-state index in [2.05, 4.69) is 15.8 Å². The second kappa shape index (κ2) is 7.82. The van der Waals surface area contributed by atoms with Crippen LogP contribution in [0.25, 0.3) is 0 Å². The quantitative estimate of drug-likeness (QED) is 0.808. The Morgan fingerprint density at radius 3 is 2.81 bits per heavy atom. The Kier molecular flexibility index (Phi) is 5.49. The summed E-state index contributed by atoms with van der Waals surface area (Å²) in [5.41, 5.74) is 2.91. The van der Waals surface area contributed by atoms with E-state index in [1.807, 2.05) is 6.07 Å². The topological polar surface area (TPSA) is 86.5 Å². The van der Waals surface area contributed by atoms with Gasteiger partial charge in [-0.05, 0) is 36.8 Å². The molecule has 0 spiro atoms. The van der Waals surface area contributed by atoms with Crippen molar-refractivity contribution in [1.82, 2.24) is 10.7 Å². The van der Waals surface area contributed by atoms with Gasteiger partial charge in [-0.15, -0.1) is 0 Å². The first-order valence-electron chi connectivity index (χ1n) is 7.85. The van der Waals surface area contributed by atoms with Crippen molar-refractivity contribution in [2.45, 2.75) is 19.4 Å². The lowest BCUT2D eigenvalue weighted by atomic mass is 10.1. The molecule has 0 aliphatic carbocycles. The molecule has 0 unspecified atom stereocenters. The summed E-state index contributed by atoms with van der Waals surface area (Å²) < 4.78 is 20.5. The van der Waals surface area contributed by atoms with Gasteiger partial charge in [0, 0.05) is 11.4 Å². The van der Waals surface area contributed by atoms with Crippen LogP contribution in [0.2, 0.25) is 10.0 Å². The van der Waals surface area contributed by atoms with Crippen molar-refractivity contribution in [2.75, 3.05) is 0 Å². The fraction of sp³-hybridized carbons (Fsp3) is 0.167. The van der Waals surface area contributed by atoms with E-state index in [1.54, 1.807) is 6.92 Å². The highest BCUT2D eigenvalue weighted by atomic mass is 35.5. The standard InChI is InChI=1S/C18H13Cl2FN4O2/c1-9-18(26)25-24-15(23-9)6-11-2-3-14(20)17(16(11)21)27-13-5-10(8-22)4-12(19)7-13/h2-5,7,9H,6H2,1H3,(H,23,24)(H,25,26)/t9-/m1/s1. The molecular weight excluding hydrogens is 394 g/mol.